The van der Waals surface area contributed by atoms with Crippen molar-refractivity contribution in [3.8, 4) is 0 Å². The molecule has 0 saturated heterocycles. The third kappa shape index (κ3) is 3.84. The molecule has 0 atom stereocenters. The smallest absolute Gasteiger partial charge is 0.254 e. The van der Waals surface area contributed by atoms with Crippen LogP contribution < -0.4 is 0 Å². The average Bonchev–Trinajstić information content (AvgIpc) is 2.54. The van der Waals surface area contributed by atoms with Crippen LogP contribution >= 0.6 is 0 Å². The van der Waals surface area contributed by atoms with Gasteiger partial charge in [-0.2, -0.15) is 0 Å². The molecule has 0 aliphatic rings. The largest absolute Gasteiger partial charge is 0.339 e. The first-order chi connectivity index (χ1) is 10.3. The monoisotopic (exact) mass is 283 g/mol. The zero-order valence-electron chi connectivity index (χ0n) is 13.1. The van der Waals surface area contributed by atoms with E-state index in [1.807, 2.05) is 35.2 Å². The van der Waals surface area contributed by atoms with Crippen molar-refractivity contribution < 1.29 is 4.79 Å². The Morgan fingerprint density at radius 3 is 2.19 bits per heavy atom. The van der Waals surface area contributed by atoms with Gasteiger partial charge in [-0.3, -0.25) is 4.79 Å². The number of carbonyl (C=O) groups excluding carboxylic acids is 1. The molecule has 2 aromatic rings. The lowest BCUT2D eigenvalue weighted by Crippen LogP contribution is -2.33. The average molecular weight is 283 g/mol. The Balaban J connectivity index is 2.29. The van der Waals surface area contributed by atoms with Crippen molar-refractivity contribution in [2.75, 3.05) is 13.1 Å². The molecule has 0 unspecified atom stereocenters. The summed E-state index contributed by atoms with van der Waals surface area (Å²) in [5.74, 6) is 0.175. The molecule has 2 rings (SSSR count). The Hall–Kier alpha value is -1.83. The van der Waals surface area contributed by atoms with Crippen molar-refractivity contribution in [1.29, 1.82) is 0 Å². The highest BCUT2D eigenvalue weighted by atomic mass is 16.2. The van der Waals surface area contributed by atoms with Gasteiger partial charge >= 0.3 is 0 Å². The summed E-state index contributed by atoms with van der Waals surface area (Å²) in [7, 11) is 0. The zero-order chi connectivity index (χ0) is 15.1. The first-order valence-electron chi connectivity index (χ1n) is 8.05. The second-order valence-electron chi connectivity index (χ2n) is 5.53. The number of fused-ring (bicyclic) bond motifs is 1. The van der Waals surface area contributed by atoms with Crippen LogP contribution in [-0.2, 0) is 0 Å². The Morgan fingerprint density at radius 2 is 1.52 bits per heavy atom. The van der Waals surface area contributed by atoms with Gasteiger partial charge in [0.1, 0.15) is 0 Å². The number of carbonyl (C=O) groups is 1. The van der Waals surface area contributed by atoms with E-state index in [4.69, 9.17) is 0 Å². The topological polar surface area (TPSA) is 20.3 Å². The maximum Gasteiger partial charge on any atom is 0.254 e. The van der Waals surface area contributed by atoms with Crippen LogP contribution in [0.1, 0.15) is 49.9 Å². The van der Waals surface area contributed by atoms with E-state index in [9.17, 15) is 4.79 Å². The molecule has 0 N–H and O–H groups in total. The van der Waals surface area contributed by atoms with Gasteiger partial charge in [-0.05, 0) is 29.7 Å². The molecule has 0 aromatic heterocycles. The van der Waals surface area contributed by atoms with E-state index in [2.05, 4.69) is 26.0 Å². The van der Waals surface area contributed by atoms with Crippen LogP contribution in [0.5, 0.6) is 0 Å². The molecule has 0 bridgehead atoms. The van der Waals surface area contributed by atoms with Gasteiger partial charge in [0.2, 0.25) is 0 Å². The van der Waals surface area contributed by atoms with Gasteiger partial charge in [0.25, 0.3) is 5.91 Å². The maximum absolute atomic E-state index is 12.9. The lowest BCUT2D eigenvalue weighted by atomic mass is 10.0. The molecular formula is C19H25NO. The number of unbranched alkanes of at least 4 members (excludes halogenated alkanes) is 2. The summed E-state index contributed by atoms with van der Waals surface area (Å²) in [5.41, 5.74) is 0.834. The van der Waals surface area contributed by atoms with Gasteiger partial charge in [-0.1, -0.05) is 63.1 Å². The molecule has 0 aliphatic heterocycles. The van der Waals surface area contributed by atoms with Crippen molar-refractivity contribution in [3.05, 3.63) is 48.0 Å². The minimum absolute atomic E-state index is 0.175. The van der Waals surface area contributed by atoms with Crippen LogP contribution in [0.4, 0.5) is 0 Å². The second-order valence-corrected chi connectivity index (χ2v) is 5.53. The third-order valence-corrected chi connectivity index (χ3v) is 3.87. The summed E-state index contributed by atoms with van der Waals surface area (Å²) in [4.78, 5) is 14.9. The molecule has 2 heteroatoms. The summed E-state index contributed by atoms with van der Waals surface area (Å²) < 4.78 is 0. The molecular weight excluding hydrogens is 258 g/mol. The molecule has 0 aliphatic carbocycles. The van der Waals surface area contributed by atoms with E-state index in [1.54, 1.807) is 0 Å². The van der Waals surface area contributed by atoms with Crippen molar-refractivity contribution in [2.24, 2.45) is 0 Å². The normalized spacial score (nSPS) is 10.8. The van der Waals surface area contributed by atoms with Gasteiger partial charge < -0.3 is 4.90 Å². The van der Waals surface area contributed by atoms with E-state index in [0.717, 1.165) is 55.1 Å². The standard InChI is InChI=1S/C19H25NO/c1-3-5-14-20(15-6-4-2)19(21)18-13-9-11-16-10-7-8-12-17(16)18/h7-13H,3-6,14-15H2,1-2H3. The van der Waals surface area contributed by atoms with Crippen LogP contribution in [0, 0.1) is 0 Å². The second kappa shape index (κ2) is 7.82. The Kier molecular flexibility index (Phi) is 5.79. The first kappa shape index (κ1) is 15.6. The van der Waals surface area contributed by atoms with Gasteiger partial charge in [0.05, 0.1) is 0 Å². The summed E-state index contributed by atoms with van der Waals surface area (Å²) in [6, 6.07) is 14.1. The molecule has 1 amide bonds. The number of rotatable bonds is 7. The number of hydrogen-bond acceptors (Lipinski definition) is 1. The molecule has 2 nitrogen and oxygen atoms in total. The number of benzene rings is 2. The third-order valence-electron chi connectivity index (χ3n) is 3.87. The molecule has 21 heavy (non-hydrogen) atoms. The zero-order valence-corrected chi connectivity index (χ0v) is 13.1. The number of hydrogen-bond donors (Lipinski definition) is 0. The molecule has 0 heterocycles. The maximum atomic E-state index is 12.9. The van der Waals surface area contributed by atoms with E-state index in [0.29, 0.717) is 0 Å². The van der Waals surface area contributed by atoms with Gasteiger partial charge in [0, 0.05) is 18.7 Å². The van der Waals surface area contributed by atoms with Gasteiger partial charge in [-0.25, -0.2) is 0 Å². The molecule has 0 spiro atoms. The SMILES string of the molecule is CCCCN(CCCC)C(=O)c1cccc2ccccc12. The van der Waals surface area contributed by atoms with E-state index < -0.39 is 0 Å². The molecule has 0 fully saturated rings. The molecule has 2 aromatic carbocycles. The van der Waals surface area contributed by atoms with Crippen LogP contribution in [-0.4, -0.2) is 23.9 Å². The van der Waals surface area contributed by atoms with Crippen LogP contribution in [0.2, 0.25) is 0 Å². The summed E-state index contributed by atoms with van der Waals surface area (Å²) in [6.07, 6.45) is 4.37. The Bertz CT molecular complexity index is 578. The quantitative estimate of drug-likeness (QED) is 0.709. The van der Waals surface area contributed by atoms with Crippen molar-refractivity contribution in [1.82, 2.24) is 4.90 Å². The fraction of sp³-hybridized carbons (Fsp3) is 0.421. The molecule has 0 saturated carbocycles. The van der Waals surface area contributed by atoms with Crippen LogP contribution in [0.15, 0.2) is 42.5 Å². The minimum Gasteiger partial charge on any atom is -0.339 e. The fourth-order valence-electron chi connectivity index (χ4n) is 2.60. The molecule has 0 radical (unpaired) electrons. The minimum atomic E-state index is 0.175. The highest BCUT2D eigenvalue weighted by Gasteiger charge is 2.16. The molecule has 112 valence electrons. The fourth-order valence-corrected chi connectivity index (χ4v) is 2.60. The lowest BCUT2D eigenvalue weighted by molar-refractivity contribution is 0.0753. The summed E-state index contributed by atoms with van der Waals surface area (Å²) in [6.45, 7) is 6.05. The lowest BCUT2D eigenvalue weighted by Gasteiger charge is -2.23. The van der Waals surface area contributed by atoms with E-state index in [1.165, 1.54) is 0 Å². The van der Waals surface area contributed by atoms with Crippen molar-refractivity contribution >= 4 is 16.7 Å². The van der Waals surface area contributed by atoms with Crippen molar-refractivity contribution in [3.63, 3.8) is 0 Å². The number of nitrogens with zero attached hydrogens (tertiary/aromatic N) is 1. The van der Waals surface area contributed by atoms with Crippen LogP contribution in [0.25, 0.3) is 10.8 Å². The number of amides is 1. The van der Waals surface area contributed by atoms with Gasteiger partial charge in [-0.15, -0.1) is 0 Å². The van der Waals surface area contributed by atoms with Crippen molar-refractivity contribution in [2.45, 2.75) is 39.5 Å². The van der Waals surface area contributed by atoms with Crippen LogP contribution in [0.3, 0.4) is 0 Å². The highest BCUT2D eigenvalue weighted by molar-refractivity contribution is 6.07. The Morgan fingerprint density at radius 1 is 0.905 bits per heavy atom. The summed E-state index contributed by atoms with van der Waals surface area (Å²) >= 11 is 0. The summed E-state index contributed by atoms with van der Waals surface area (Å²) in [5, 5.41) is 2.19. The van der Waals surface area contributed by atoms with E-state index in [-0.39, 0.29) is 5.91 Å². The predicted octanol–water partition coefficient (Wildman–Crippen LogP) is 4.88. The highest BCUT2D eigenvalue weighted by Crippen LogP contribution is 2.20. The predicted molar refractivity (Wildman–Crippen MR) is 89.7 cm³/mol. The first-order valence-corrected chi connectivity index (χ1v) is 8.05. The van der Waals surface area contributed by atoms with Gasteiger partial charge in [0.15, 0.2) is 0 Å². The van der Waals surface area contributed by atoms with E-state index >= 15 is 0 Å². The Labute approximate surface area is 127 Å².